The Labute approximate surface area is 241 Å². The van der Waals surface area contributed by atoms with Crippen LogP contribution in [0.15, 0.2) is 53.0 Å². The molecular weight excluding hydrogens is 581 g/mol. The van der Waals surface area contributed by atoms with Gasteiger partial charge in [-0.15, -0.1) is 0 Å². The van der Waals surface area contributed by atoms with Gasteiger partial charge in [-0.25, -0.2) is 4.39 Å². The third kappa shape index (κ3) is 5.27. The summed E-state index contributed by atoms with van der Waals surface area (Å²) in [5.41, 5.74) is 0.0961. The smallest absolute Gasteiger partial charge is 0.254 e. The summed E-state index contributed by atoms with van der Waals surface area (Å²) >= 11 is 3.53. The number of nitrogens with one attached hydrogen (secondary N) is 2. The van der Waals surface area contributed by atoms with Crippen LogP contribution in [0.3, 0.4) is 0 Å². The molecule has 212 valence electrons. The highest BCUT2D eigenvalue weighted by molar-refractivity contribution is 9.10. The van der Waals surface area contributed by atoms with Gasteiger partial charge in [0, 0.05) is 28.9 Å². The molecule has 2 N–H and O–H groups in total. The van der Waals surface area contributed by atoms with E-state index in [4.69, 9.17) is 14.2 Å². The summed E-state index contributed by atoms with van der Waals surface area (Å²) in [6.45, 7) is 2.71. The van der Waals surface area contributed by atoms with Crippen molar-refractivity contribution in [3.8, 4) is 11.5 Å². The molecule has 1 spiro atoms. The third-order valence-electron chi connectivity index (χ3n) is 7.85. The normalized spacial score (nSPS) is 19.1. The minimum Gasteiger partial charge on any atom is -0.496 e. The predicted octanol–water partition coefficient (Wildman–Crippen LogP) is 4.71. The molecular formula is C30H33BrFN3O5. The third-order valence-corrected chi connectivity index (χ3v) is 8.34. The van der Waals surface area contributed by atoms with Gasteiger partial charge in [0.1, 0.15) is 29.0 Å². The fourth-order valence-corrected chi connectivity index (χ4v) is 6.03. The lowest BCUT2D eigenvalue weighted by Crippen LogP contribution is -2.65. The summed E-state index contributed by atoms with van der Waals surface area (Å²) in [5, 5.41) is 7.89. The Morgan fingerprint density at radius 3 is 2.67 bits per heavy atom. The maximum Gasteiger partial charge on any atom is 0.254 e. The number of hydrogen-bond acceptors (Lipinski definition) is 6. The predicted molar refractivity (Wildman–Crippen MR) is 154 cm³/mol. The number of amides is 2. The average Bonchev–Trinajstić information content (AvgIpc) is 3.03. The number of hydrogen-bond donors (Lipinski definition) is 2. The molecule has 10 heteroatoms. The summed E-state index contributed by atoms with van der Waals surface area (Å²) < 4.78 is 33.4. The first-order valence-corrected chi connectivity index (χ1v) is 14.2. The van der Waals surface area contributed by atoms with Crippen LogP contribution in [0, 0.1) is 5.82 Å². The van der Waals surface area contributed by atoms with Crippen molar-refractivity contribution in [3.63, 3.8) is 0 Å². The summed E-state index contributed by atoms with van der Waals surface area (Å²) in [5.74, 6) is -0.274. The van der Waals surface area contributed by atoms with Crippen LogP contribution in [0.4, 0.5) is 10.1 Å². The highest BCUT2D eigenvalue weighted by Crippen LogP contribution is 2.43. The van der Waals surface area contributed by atoms with Crippen LogP contribution in [0.25, 0.3) is 10.8 Å². The maximum atomic E-state index is 14.6. The molecule has 0 aliphatic carbocycles. The van der Waals surface area contributed by atoms with Crippen LogP contribution in [0.1, 0.15) is 31.7 Å². The van der Waals surface area contributed by atoms with E-state index in [-0.39, 0.29) is 24.1 Å². The van der Waals surface area contributed by atoms with Crippen molar-refractivity contribution in [1.82, 2.24) is 10.6 Å². The van der Waals surface area contributed by atoms with Crippen molar-refractivity contribution >= 4 is 44.2 Å². The van der Waals surface area contributed by atoms with Crippen LogP contribution in [-0.4, -0.2) is 56.9 Å². The Morgan fingerprint density at radius 2 is 1.98 bits per heavy atom. The first-order chi connectivity index (χ1) is 19.3. The number of halogens is 2. The molecule has 0 saturated carbocycles. The molecule has 0 aromatic heterocycles. The van der Waals surface area contributed by atoms with Crippen LogP contribution >= 0.6 is 15.9 Å². The lowest BCUT2D eigenvalue weighted by Gasteiger charge is -2.41. The molecule has 0 radical (unpaired) electrons. The van der Waals surface area contributed by atoms with Gasteiger partial charge in [-0.1, -0.05) is 35.0 Å². The summed E-state index contributed by atoms with van der Waals surface area (Å²) in [4.78, 5) is 29.5. The van der Waals surface area contributed by atoms with Crippen LogP contribution < -0.4 is 25.0 Å². The zero-order valence-electron chi connectivity index (χ0n) is 22.8. The molecule has 2 amide bonds. The molecule has 0 bridgehead atoms. The Morgan fingerprint density at radius 1 is 1.20 bits per heavy atom. The van der Waals surface area contributed by atoms with Gasteiger partial charge in [-0.3, -0.25) is 9.59 Å². The number of carbonyl (C=O) groups is 2. The lowest BCUT2D eigenvalue weighted by molar-refractivity contribution is -0.138. The number of ether oxygens (including phenoxy) is 3. The van der Waals surface area contributed by atoms with Gasteiger partial charge in [0.25, 0.3) is 5.91 Å². The van der Waals surface area contributed by atoms with Crippen molar-refractivity contribution < 1.29 is 28.2 Å². The number of anilines is 1. The van der Waals surface area contributed by atoms with Gasteiger partial charge in [-0.05, 0) is 54.6 Å². The molecule has 2 aliphatic rings. The van der Waals surface area contributed by atoms with E-state index in [9.17, 15) is 14.0 Å². The Hall–Kier alpha value is -3.21. The number of carbonyl (C=O) groups excluding carboxylic acids is 2. The minimum atomic E-state index is -1.11. The van der Waals surface area contributed by atoms with Crippen molar-refractivity contribution in [3.05, 3.63) is 64.4 Å². The average molecular weight is 615 g/mol. The highest BCUT2D eigenvalue weighted by Gasteiger charge is 2.52. The van der Waals surface area contributed by atoms with E-state index in [0.29, 0.717) is 43.9 Å². The van der Waals surface area contributed by atoms with Gasteiger partial charge >= 0.3 is 0 Å². The van der Waals surface area contributed by atoms with E-state index in [1.54, 1.807) is 25.1 Å². The zero-order chi connectivity index (χ0) is 28.4. The molecule has 1 fully saturated rings. The Kier molecular flexibility index (Phi) is 8.30. The molecule has 2 heterocycles. The van der Waals surface area contributed by atoms with Gasteiger partial charge in [-0.2, -0.15) is 0 Å². The molecule has 2 aliphatic heterocycles. The number of fused-ring (bicyclic) bond motifs is 2. The minimum absolute atomic E-state index is 0.116. The first-order valence-electron chi connectivity index (χ1n) is 13.4. The van der Waals surface area contributed by atoms with Crippen molar-refractivity contribution in [2.45, 2.75) is 50.4 Å². The molecule has 2 atom stereocenters. The van der Waals surface area contributed by atoms with Crippen LogP contribution in [-0.2, 0) is 20.9 Å². The fraction of sp³-hybridized carbons (Fsp3) is 0.400. The van der Waals surface area contributed by atoms with Gasteiger partial charge in [0.2, 0.25) is 5.91 Å². The lowest BCUT2D eigenvalue weighted by atomic mass is 9.84. The fourth-order valence-electron chi connectivity index (χ4n) is 5.66. The molecule has 3 aromatic rings. The largest absolute Gasteiger partial charge is 0.496 e. The Balaban J connectivity index is 1.66. The molecule has 3 aromatic carbocycles. The van der Waals surface area contributed by atoms with E-state index < -0.39 is 23.5 Å². The first kappa shape index (κ1) is 28.3. The molecule has 8 nitrogen and oxygen atoms in total. The monoisotopic (exact) mass is 613 g/mol. The number of benzene rings is 3. The topological polar surface area (TPSA) is 89.1 Å². The summed E-state index contributed by atoms with van der Waals surface area (Å²) in [7, 11) is 3.29. The van der Waals surface area contributed by atoms with Crippen molar-refractivity contribution in [2.24, 2.45) is 0 Å². The highest BCUT2D eigenvalue weighted by atomic mass is 79.9. The van der Waals surface area contributed by atoms with E-state index in [2.05, 4.69) is 26.6 Å². The van der Waals surface area contributed by atoms with Crippen LogP contribution in [0.5, 0.6) is 11.5 Å². The number of methoxy groups -OCH3 is 1. The standard InChI is InChI=1S/C30H33BrFN3O5/c1-4-23(33-2)28(36)34-27-29(37)35(17-22-21-8-6-19(31)15-18(21)5-10-25(22)38-3)24-9-7-20(32)16-26(24)40-30(27)11-13-39-14-12-30/h5-10,15-16,23,27,33H,4,11-14,17H2,1-3H3,(H,34,36)/t23-,27+/m0/s1. The summed E-state index contributed by atoms with van der Waals surface area (Å²) in [6, 6.07) is 12.4. The van der Waals surface area contributed by atoms with Crippen molar-refractivity contribution in [2.75, 3.05) is 32.3 Å². The van der Waals surface area contributed by atoms with E-state index >= 15 is 0 Å². The second-order valence-electron chi connectivity index (χ2n) is 10.1. The van der Waals surface area contributed by atoms with Crippen molar-refractivity contribution in [1.29, 1.82) is 0 Å². The van der Waals surface area contributed by atoms with E-state index in [0.717, 1.165) is 20.8 Å². The van der Waals surface area contributed by atoms with E-state index in [1.165, 1.54) is 12.1 Å². The molecule has 40 heavy (non-hydrogen) atoms. The number of likely N-dealkylation sites (N-methyl/N-ethyl adjacent to an activating group) is 1. The van der Waals surface area contributed by atoms with Gasteiger partial charge in [0.15, 0.2) is 0 Å². The number of nitrogens with zero attached hydrogens (tertiary/aromatic N) is 1. The van der Waals surface area contributed by atoms with Gasteiger partial charge < -0.3 is 29.7 Å². The molecule has 5 rings (SSSR count). The second-order valence-corrected chi connectivity index (χ2v) is 11.0. The second kappa shape index (κ2) is 11.7. The van der Waals surface area contributed by atoms with Gasteiger partial charge in [0.05, 0.1) is 38.6 Å². The van der Waals surface area contributed by atoms with E-state index in [1.807, 2.05) is 37.3 Å². The zero-order valence-corrected chi connectivity index (χ0v) is 24.3. The maximum absolute atomic E-state index is 14.6. The van der Waals surface area contributed by atoms with Crippen LogP contribution in [0.2, 0.25) is 0 Å². The molecule has 1 saturated heterocycles. The Bertz CT molecular complexity index is 1420. The number of rotatable bonds is 7. The SMILES string of the molecule is CC[C@H](NC)C(=O)N[C@@H]1C(=O)N(Cc2c(OC)ccc3cc(Br)ccc23)c2ccc(F)cc2OC12CCOCC2. The summed E-state index contributed by atoms with van der Waals surface area (Å²) in [6.07, 6.45) is 1.25. The quantitative estimate of drug-likeness (QED) is 0.401. The molecule has 0 unspecified atom stereocenters.